The zero-order chi connectivity index (χ0) is 20.8. The van der Waals surface area contributed by atoms with Crippen molar-refractivity contribution in [2.75, 3.05) is 11.0 Å². The van der Waals surface area contributed by atoms with Gasteiger partial charge in [0.1, 0.15) is 23.2 Å². The average Bonchev–Trinajstić information content (AvgIpc) is 3.29. The summed E-state index contributed by atoms with van der Waals surface area (Å²) in [5.41, 5.74) is 2.17. The smallest absolute Gasteiger partial charge is 0.231 e. The van der Waals surface area contributed by atoms with Crippen LogP contribution in [0.5, 0.6) is 0 Å². The van der Waals surface area contributed by atoms with Gasteiger partial charge in [-0.05, 0) is 18.2 Å². The van der Waals surface area contributed by atoms with Crippen molar-refractivity contribution >= 4 is 38.3 Å². The number of rotatable bonds is 4. The third kappa shape index (κ3) is 3.63. The number of aromatic nitrogens is 6. The number of benzene rings is 1. The highest BCUT2D eigenvalue weighted by Gasteiger charge is 2.21. The summed E-state index contributed by atoms with van der Waals surface area (Å²) in [5.74, 6) is -0.171. The second-order valence-corrected chi connectivity index (χ2v) is 8.43. The summed E-state index contributed by atoms with van der Waals surface area (Å²) >= 11 is 6.35. The van der Waals surface area contributed by atoms with E-state index in [9.17, 15) is 13.7 Å². The number of hydrogen-bond donors (Lipinski definition) is 2. The van der Waals surface area contributed by atoms with E-state index in [0.29, 0.717) is 33.2 Å². The van der Waals surface area contributed by atoms with Crippen molar-refractivity contribution < 1.29 is 8.42 Å². The summed E-state index contributed by atoms with van der Waals surface area (Å²) in [6.45, 7) is 0. The Morgan fingerprint density at radius 3 is 2.72 bits per heavy atom. The van der Waals surface area contributed by atoms with E-state index in [1.165, 1.54) is 0 Å². The second kappa shape index (κ2) is 6.84. The van der Waals surface area contributed by atoms with E-state index in [-0.39, 0.29) is 11.5 Å². The third-order valence-corrected chi connectivity index (χ3v) is 4.88. The lowest BCUT2D eigenvalue weighted by Gasteiger charge is -2.12. The summed E-state index contributed by atoms with van der Waals surface area (Å²) in [4.78, 5) is 8.74. The highest BCUT2D eigenvalue weighted by atomic mass is 35.5. The second-order valence-electron chi connectivity index (χ2n) is 6.27. The molecule has 0 aliphatic carbocycles. The van der Waals surface area contributed by atoms with Crippen LogP contribution in [0.3, 0.4) is 0 Å². The Kier molecular flexibility index (Phi) is 4.45. The molecule has 1 aromatic carbocycles. The Morgan fingerprint density at radius 1 is 1.28 bits per heavy atom. The van der Waals surface area contributed by atoms with Gasteiger partial charge in [0.05, 0.1) is 23.0 Å². The summed E-state index contributed by atoms with van der Waals surface area (Å²) < 4.78 is 27.2. The molecule has 0 unspecified atom stereocenters. The van der Waals surface area contributed by atoms with E-state index in [0.717, 1.165) is 11.6 Å². The van der Waals surface area contributed by atoms with Crippen molar-refractivity contribution in [3.05, 3.63) is 41.3 Å². The van der Waals surface area contributed by atoms with E-state index in [1.54, 1.807) is 42.3 Å². The number of aromatic amines is 1. The maximum Gasteiger partial charge on any atom is 0.231 e. The van der Waals surface area contributed by atoms with Crippen molar-refractivity contribution in [2.24, 2.45) is 7.05 Å². The molecule has 0 amide bonds. The minimum Gasteiger partial charge on any atom is -0.276 e. The van der Waals surface area contributed by atoms with Crippen LogP contribution < -0.4 is 4.72 Å². The molecule has 0 aliphatic rings. The lowest BCUT2D eigenvalue weighted by atomic mass is 10.1. The highest BCUT2D eigenvalue weighted by molar-refractivity contribution is 7.92. The van der Waals surface area contributed by atoms with Crippen LogP contribution in [0.25, 0.3) is 33.5 Å². The largest absolute Gasteiger partial charge is 0.276 e. The fraction of sp³-hybridized carbons (Fsp3) is 0.118. The molecular weight excluding hydrogens is 416 g/mol. The first-order valence-corrected chi connectivity index (χ1v) is 10.4. The van der Waals surface area contributed by atoms with Crippen LogP contribution in [-0.4, -0.2) is 44.6 Å². The normalized spacial score (nSPS) is 11.5. The fourth-order valence-corrected chi connectivity index (χ4v) is 3.59. The number of sulfonamides is 1. The lowest BCUT2D eigenvalue weighted by molar-refractivity contribution is 0.606. The minimum absolute atomic E-state index is 0.171. The average molecular weight is 429 g/mol. The predicted octanol–water partition coefficient (Wildman–Crippen LogP) is 2.32. The number of hydrogen-bond acceptors (Lipinski definition) is 7. The molecule has 3 aromatic heterocycles. The Morgan fingerprint density at radius 2 is 2.07 bits per heavy atom. The van der Waals surface area contributed by atoms with Crippen molar-refractivity contribution in [3.63, 3.8) is 0 Å². The Bertz CT molecular complexity index is 1400. The number of halogens is 1. The molecule has 0 spiro atoms. The van der Waals surface area contributed by atoms with Gasteiger partial charge in [-0.2, -0.15) is 15.5 Å². The number of aryl methyl sites for hydroxylation is 1. The molecule has 0 aliphatic heterocycles. The van der Waals surface area contributed by atoms with Gasteiger partial charge in [0, 0.05) is 24.2 Å². The zero-order valence-electron chi connectivity index (χ0n) is 15.2. The number of anilines is 1. The van der Waals surface area contributed by atoms with Gasteiger partial charge in [-0.3, -0.25) is 14.5 Å². The predicted molar refractivity (Wildman–Crippen MR) is 108 cm³/mol. The van der Waals surface area contributed by atoms with Gasteiger partial charge >= 0.3 is 0 Å². The van der Waals surface area contributed by atoms with E-state index in [2.05, 4.69) is 30.0 Å². The van der Waals surface area contributed by atoms with Crippen molar-refractivity contribution in [2.45, 2.75) is 0 Å². The van der Waals surface area contributed by atoms with Gasteiger partial charge in [-0.15, -0.1) is 0 Å². The first kappa shape index (κ1) is 18.9. The highest BCUT2D eigenvalue weighted by Crippen LogP contribution is 2.34. The zero-order valence-corrected chi connectivity index (χ0v) is 16.7. The van der Waals surface area contributed by atoms with E-state index >= 15 is 0 Å². The summed E-state index contributed by atoms with van der Waals surface area (Å²) in [6, 6.07) is 7.06. The van der Waals surface area contributed by atoms with Gasteiger partial charge < -0.3 is 0 Å². The van der Waals surface area contributed by atoms with Crippen molar-refractivity contribution in [3.8, 4) is 28.7 Å². The van der Waals surface area contributed by atoms with Crippen LogP contribution >= 0.6 is 11.6 Å². The van der Waals surface area contributed by atoms with Crippen LogP contribution in [0.15, 0.2) is 30.6 Å². The molecule has 0 radical (unpaired) electrons. The van der Waals surface area contributed by atoms with Gasteiger partial charge in [-0.25, -0.2) is 18.4 Å². The molecule has 0 saturated heterocycles. The third-order valence-electron chi connectivity index (χ3n) is 4.01. The van der Waals surface area contributed by atoms with Crippen LogP contribution in [-0.2, 0) is 17.1 Å². The molecular formula is C17H13ClN8O2S. The van der Waals surface area contributed by atoms with E-state index in [1.807, 2.05) is 6.07 Å². The number of nitrogens with zero attached hydrogens (tertiary/aromatic N) is 6. The molecule has 0 fully saturated rings. The first-order valence-electron chi connectivity index (χ1n) is 8.18. The van der Waals surface area contributed by atoms with E-state index in [4.69, 9.17) is 11.6 Å². The van der Waals surface area contributed by atoms with Crippen LogP contribution in [0.2, 0.25) is 5.02 Å². The number of fused-ring (bicyclic) bond motifs is 1. The van der Waals surface area contributed by atoms with Gasteiger partial charge in [0.25, 0.3) is 0 Å². The lowest BCUT2D eigenvalue weighted by Crippen LogP contribution is -2.14. The Balaban J connectivity index is 2.02. The molecule has 10 nitrogen and oxygen atoms in total. The van der Waals surface area contributed by atoms with E-state index < -0.39 is 10.0 Å². The van der Waals surface area contributed by atoms with Gasteiger partial charge in [-0.1, -0.05) is 11.6 Å². The molecule has 3 heterocycles. The molecule has 4 rings (SSSR count). The van der Waals surface area contributed by atoms with Gasteiger partial charge in [0.15, 0.2) is 11.5 Å². The van der Waals surface area contributed by atoms with Crippen LogP contribution in [0.1, 0.15) is 5.69 Å². The maximum atomic E-state index is 11.7. The monoisotopic (exact) mass is 428 g/mol. The minimum atomic E-state index is -3.67. The molecule has 12 heteroatoms. The Labute approximate surface area is 170 Å². The number of H-pyrrole nitrogens is 1. The van der Waals surface area contributed by atoms with Crippen molar-refractivity contribution in [1.82, 2.24) is 29.9 Å². The molecule has 4 aromatic rings. The summed E-state index contributed by atoms with van der Waals surface area (Å²) in [5, 5.41) is 21.8. The molecule has 0 atom stereocenters. The topological polar surface area (TPSA) is 142 Å². The molecule has 146 valence electrons. The van der Waals surface area contributed by atoms with Crippen LogP contribution in [0.4, 0.5) is 5.82 Å². The fourth-order valence-electron chi connectivity index (χ4n) is 2.83. The maximum absolute atomic E-state index is 11.7. The quantitative estimate of drug-likeness (QED) is 0.507. The molecule has 2 N–H and O–H groups in total. The first-order chi connectivity index (χ1) is 13.7. The van der Waals surface area contributed by atoms with Crippen LogP contribution in [0, 0.1) is 11.3 Å². The number of nitriles is 1. The Hall–Kier alpha value is -3.49. The number of nitrogens with one attached hydrogen (secondary N) is 2. The standard InChI is InChI=1S/C17H13ClN8O2S/c1-26-4-3-12(24-26)16-15(9-5-10-8-20-23-14(10)11(18)6-9)21-13(7-19)17(22-16)25-29(2,27)28/h3-6,8H,1-2H3,(H,20,23)(H,22,25). The SMILES string of the molecule is Cn1ccc(-c2nc(NS(C)(=O)=O)c(C#N)nc2-c2cc(Cl)c3[nH]ncc3c2)n1. The summed E-state index contributed by atoms with van der Waals surface area (Å²) in [6.07, 6.45) is 4.30. The molecule has 0 saturated carbocycles. The van der Waals surface area contributed by atoms with Crippen molar-refractivity contribution in [1.29, 1.82) is 5.26 Å². The van der Waals surface area contributed by atoms with Gasteiger partial charge in [0.2, 0.25) is 10.0 Å². The summed E-state index contributed by atoms with van der Waals surface area (Å²) in [7, 11) is -1.93. The molecule has 29 heavy (non-hydrogen) atoms. The molecule has 0 bridgehead atoms.